The van der Waals surface area contributed by atoms with E-state index in [1.165, 1.54) is 23.9 Å². The van der Waals surface area contributed by atoms with Crippen LogP contribution >= 0.6 is 11.8 Å². The zero-order valence-corrected chi connectivity index (χ0v) is 18.9. The number of allylic oxidation sites excluding steroid dienone is 1. The van der Waals surface area contributed by atoms with Gasteiger partial charge in [0.2, 0.25) is 5.91 Å². The molecule has 168 valence electrons. The maximum atomic E-state index is 13.8. The van der Waals surface area contributed by atoms with E-state index < -0.39 is 17.2 Å². The van der Waals surface area contributed by atoms with Crippen molar-refractivity contribution < 1.29 is 18.7 Å². The molecule has 1 amide bonds. The van der Waals surface area contributed by atoms with Gasteiger partial charge in [-0.2, -0.15) is 0 Å². The summed E-state index contributed by atoms with van der Waals surface area (Å²) in [4.78, 5) is 12.6. The van der Waals surface area contributed by atoms with Gasteiger partial charge in [0.15, 0.2) is 17.1 Å². The van der Waals surface area contributed by atoms with Crippen LogP contribution in [0.1, 0.15) is 25.8 Å². The predicted octanol–water partition coefficient (Wildman–Crippen LogP) is 4.87. The summed E-state index contributed by atoms with van der Waals surface area (Å²) in [6.45, 7) is 7.84. The second-order valence-corrected chi connectivity index (χ2v) is 8.21. The van der Waals surface area contributed by atoms with E-state index in [-0.39, 0.29) is 11.6 Å². The lowest BCUT2D eigenvalue weighted by Gasteiger charge is -2.17. The third-order valence-corrected chi connectivity index (χ3v) is 5.66. The fraction of sp³-hybridized carbons (Fsp3) is 0.261. The van der Waals surface area contributed by atoms with Crippen molar-refractivity contribution >= 4 is 23.4 Å². The number of nitrogens with zero attached hydrogens (tertiary/aromatic N) is 3. The number of carbonyl (C=O) groups is 1. The monoisotopic (exact) mass is 456 g/mol. The Morgan fingerprint density at radius 1 is 1.19 bits per heavy atom. The number of amides is 1. The highest BCUT2D eigenvalue weighted by molar-refractivity contribution is 8.00. The van der Waals surface area contributed by atoms with Crippen LogP contribution in [0.4, 0.5) is 10.1 Å². The van der Waals surface area contributed by atoms with E-state index in [0.717, 1.165) is 5.75 Å². The van der Waals surface area contributed by atoms with Crippen LogP contribution in [-0.2, 0) is 11.3 Å². The highest BCUT2D eigenvalue weighted by Gasteiger charge is 2.23. The van der Waals surface area contributed by atoms with E-state index in [0.29, 0.717) is 23.3 Å². The van der Waals surface area contributed by atoms with Gasteiger partial charge < -0.3 is 14.8 Å². The number of anilines is 1. The summed E-state index contributed by atoms with van der Waals surface area (Å²) in [5.41, 5.74) is 0.139. The molecule has 0 aliphatic carbocycles. The van der Waals surface area contributed by atoms with Gasteiger partial charge in [-0.1, -0.05) is 30.0 Å². The van der Waals surface area contributed by atoms with Crippen LogP contribution in [0.2, 0.25) is 0 Å². The number of para-hydroxylation sites is 1. The first-order valence-electron chi connectivity index (χ1n) is 9.99. The minimum Gasteiger partial charge on any atom is -0.497 e. The molecule has 0 aliphatic heterocycles. The van der Waals surface area contributed by atoms with Gasteiger partial charge in [-0.15, -0.1) is 16.8 Å². The zero-order valence-electron chi connectivity index (χ0n) is 18.1. The van der Waals surface area contributed by atoms with Crippen LogP contribution in [0.25, 0.3) is 0 Å². The molecule has 0 bridgehead atoms. The first-order chi connectivity index (χ1) is 15.4. The summed E-state index contributed by atoms with van der Waals surface area (Å²) in [7, 11) is 1.60. The van der Waals surface area contributed by atoms with Crippen LogP contribution in [-0.4, -0.2) is 33.0 Å². The molecular formula is C23H25FN4O3S. The van der Waals surface area contributed by atoms with Crippen LogP contribution < -0.4 is 14.8 Å². The minimum atomic E-state index is -0.534. The van der Waals surface area contributed by atoms with Crippen molar-refractivity contribution in [2.45, 2.75) is 36.9 Å². The molecule has 0 saturated heterocycles. The molecule has 0 saturated carbocycles. The Hall–Kier alpha value is -3.33. The molecule has 7 nitrogen and oxygen atoms in total. The molecule has 3 aromatic rings. The second kappa shape index (κ2) is 10.8. The molecule has 2 atom stereocenters. The minimum absolute atomic E-state index is 0.139. The van der Waals surface area contributed by atoms with E-state index in [2.05, 4.69) is 22.1 Å². The molecule has 0 fully saturated rings. The largest absolute Gasteiger partial charge is 0.497 e. The molecule has 1 aromatic heterocycles. The molecule has 32 heavy (non-hydrogen) atoms. The van der Waals surface area contributed by atoms with Crippen molar-refractivity contribution in [3.63, 3.8) is 0 Å². The van der Waals surface area contributed by atoms with E-state index in [9.17, 15) is 9.18 Å². The predicted molar refractivity (Wildman–Crippen MR) is 123 cm³/mol. The second-order valence-electron chi connectivity index (χ2n) is 6.90. The first kappa shape index (κ1) is 23.3. The van der Waals surface area contributed by atoms with Crippen molar-refractivity contribution in [2.75, 3.05) is 12.4 Å². The summed E-state index contributed by atoms with van der Waals surface area (Å²) in [6.07, 6.45) is 1.33. The average molecular weight is 457 g/mol. The topological polar surface area (TPSA) is 78.3 Å². The number of nitrogens with one attached hydrogen (secondary N) is 1. The van der Waals surface area contributed by atoms with Gasteiger partial charge in [-0.3, -0.25) is 9.36 Å². The Bertz CT molecular complexity index is 1070. The Morgan fingerprint density at radius 3 is 2.53 bits per heavy atom. The molecule has 9 heteroatoms. The molecular weight excluding hydrogens is 431 g/mol. The van der Waals surface area contributed by atoms with Crippen molar-refractivity contribution in [3.8, 4) is 11.5 Å². The summed E-state index contributed by atoms with van der Waals surface area (Å²) in [5.74, 6) is 1.18. The van der Waals surface area contributed by atoms with Gasteiger partial charge >= 0.3 is 0 Å². The summed E-state index contributed by atoms with van der Waals surface area (Å²) < 4.78 is 26.8. The standard InChI is InChI=1S/C23H25FN4O3S/c1-5-14-28-21(15(2)31-18-12-10-17(30-4)11-13-18)26-27-23(28)32-16(3)22(29)25-20-9-7-6-8-19(20)24/h5-13,15-16H,1,14H2,2-4H3,(H,25,29). The summed E-state index contributed by atoms with van der Waals surface area (Å²) in [5, 5.41) is 11.1. The molecule has 2 unspecified atom stereocenters. The van der Waals surface area contributed by atoms with Gasteiger partial charge in [0.05, 0.1) is 18.0 Å². The van der Waals surface area contributed by atoms with E-state index in [1.54, 1.807) is 32.2 Å². The molecule has 0 spiro atoms. The lowest BCUT2D eigenvalue weighted by molar-refractivity contribution is -0.115. The van der Waals surface area contributed by atoms with Crippen LogP contribution in [0.3, 0.4) is 0 Å². The third kappa shape index (κ3) is 5.67. The number of carbonyl (C=O) groups excluding carboxylic acids is 1. The van der Waals surface area contributed by atoms with Crippen molar-refractivity contribution in [1.82, 2.24) is 14.8 Å². The van der Waals surface area contributed by atoms with E-state index >= 15 is 0 Å². The van der Waals surface area contributed by atoms with E-state index in [1.807, 2.05) is 35.8 Å². The van der Waals surface area contributed by atoms with Crippen molar-refractivity contribution in [1.29, 1.82) is 0 Å². The summed E-state index contributed by atoms with van der Waals surface area (Å²) in [6, 6.07) is 13.3. The van der Waals surface area contributed by atoms with Gasteiger partial charge in [0.1, 0.15) is 17.3 Å². The van der Waals surface area contributed by atoms with Gasteiger partial charge in [-0.25, -0.2) is 4.39 Å². The molecule has 0 radical (unpaired) electrons. The highest BCUT2D eigenvalue weighted by Crippen LogP contribution is 2.28. The molecule has 2 aromatic carbocycles. The number of hydrogen-bond acceptors (Lipinski definition) is 6. The zero-order chi connectivity index (χ0) is 23.1. The average Bonchev–Trinajstić information content (AvgIpc) is 3.18. The number of rotatable bonds is 10. The van der Waals surface area contributed by atoms with Gasteiger partial charge in [0, 0.05) is 6.54 Å². The summed E-state index contributed by atoms with van der Waals surface area (Å²) >= 11 is 1.23. The quantitative estimate of drug-likeness (QED) is 0.346. The normalized spacial score (nSPS) is 12.6. The SMILES string of the molecule is C=CCn1c(SC(C)C(=O)Nc2ccccc2F)nnc1C(C)Oc1ccc(OC)cc1. The Balaban J connectivity index is 1.72. The Morgan fingerprint density at radius 2 is 1.88 bits per heavy atom. The van der Waals surface area contributed by atoms with Crippen molar-refractivity contribution in [3.05, 3.63) is 72.8 Å². The number of benzene rings is 2. The lowest BCUT2D eigenvalue weighted by atomic mass is 10.3. The molecule has 1 heterocycles. The number of aromatic nitrogens is 3. The van der Waals surface area contributed by atoms with Crippen LogP contribution in [0.5, 0.6) is 11.5 Å². The lowest BCUT2D eigenvalue weighted by Crippen LogP contribution is -2.23. The smallest absolute Gasteiger partial charge is 0.237 e. The molecule has 3 rings (SSSR count). The van der Waals surface area contributed by atoms with Gasteiger partial charge in [0.25, 0.3) is 0 Å². The fourth-order valence-electron chi connectivity index (χ4n) is 2.91. The molecule has 1 N–H and O–H groups in total. The van der Waals surface area contributed by atoms with Gasteiger partial charge in [-0.05, 0) is 50.2 Å². The fourth-order valence-corrected chi connectivity index (χ4v) is 3.77. The van der Waals surface area contributed by atoms with Crippen LogP contribution in [0, 0.1) is 5.82 Å². The number of hydrogen-bond donors (Lipinski definition) is 1. The first-order valence-corrected chi connectivity index (χ1v) is 10.9. The number of methoxy groups -OCH3 is 1. The maximum Gasteiger partial charge on any atom is 0.237 e. The number of thioether (sulfide) groups is 1. The number of halogens is 1. The van der Waals surface area contributed by atoms with Crippen LogP contribution in [0.15, 0.2) is 66.3 Å². The highest BCUT2D eigenvalue weighted by atomic mass is 32.2. The maximum absolute atomic E-state index is 13.8. The molecule has 0 aliphatic rings. The Labute approximate surface area is 190 Å². The van der Waals surface area contributed by atoms with E-state index in [4.69, 9.17) is 9.47 Å². The van der Waals surface area contributed by atoms with Crippen molar-refractivity contribution in [2.24, 2.45) is 0 Å². The third-order valence-electron chi connectivity index (χ3n) is 4.58. The number of ether oxygens (including phenoxy) is 2. The Kier molecular flexibility index (Phi) is 7.88.